The Morgan fingerprint density at radius 1 is 1.21 bits per heavy atom. The molecular weight excluding hydrogens is 328 g/mol. The second-order valence-electron chi connectivity index (χ2n) is 5.16. The Labute approximate surface area is 145 Å². The number of aromatic nitrogens is 2. The van der Waals surface area contributed by atoms with Crippen molar-refractivity contribution >= 4 is 29.5 Å². The predicted molar refractivity (Wildman–Crippen MR) is 93.8 cm³/mol. The number of aryl methyl sites for hydroxylation is 2. The molecule has 0 aliphatic rings. The Bertz CT molecular complexity index is 753. The molecule has 2 amide bonds. The third-order valence-corrected chi connectivity index (χ3v) is 3.79. The van der Waals surface area contributed by atoms with E-state index < -0.39 is 0 Å². The van der Waals surface area contributed by atoms with Gasteiger partial charge in [0.1, 0.15) is 5.15 Å². The van der Waals surface area contributed by atoms with Crippen LogP contribution in [-0.2, 0) is 11.8 Å². The number of nitrogens with one attached hydrogen (secondary N) is 2. The van der Waals surface area contributed by atoms with E-state index in [0.29, 0.717) is 29.4 Å². The average Bonchev–Trinajstić information content (AvgIpc) is 2.82. The molecule has 2 N–H and O–H groups in total. The molecule has 0 radical (unpaired) electrons. The normalized spacial score (nSPS) is 10.8. The van der Waals surface area contributed by atoms with E-state index in [1.807, 2.05) is 13.0 Å². The van der Waals surface area contributed by atoms with Gasteiger partial charge in [-0.25, -0.2) is 0 Å². The summed E-state index contributed by atoms with van der Waals surface area (Å²) < 4.78 is 1.55. The number of benzene rings is 1. The molecule has 7 heteroatoms. The summed E-state index contributed by atoms with van der Waals surface area (Å²) in [6.45, 7) is 2.50. The van der Waals surface area contributed by atoms with Crippen LogP contribution in [0.5, 0.6) is 0 Å². The summed E-state index contributed by atoms with van der Waals surface area (Å²) >= 11 is 6.09. The number of hydrogen-bond donors (Lipinski definition) is 2. The minimum absolute atomic E-state index is 0.168. The number of nitrogens with zero attached hydrogens (tertiary/aromatic N) is 2. The number of halogens is 1. The van der Waals surface area contributed by atoms with Crippen LogP contribution in [0.1, 0.15) is 21.6 Å². The molecule has 0 bridgehead atoms. The highest BCUT2D eigenvalue weighted by Gasteiger charge is 2.08. The Hall–Kier alpha value is -2.60. The van der Waals surface area contributed by atoms with Crippen LogP contribution in [0.3, 0.4) is 0 Å². The van der Waals surface area contributed by atoms with E-state index in [9.17, 15) is 9.59 Å². The van der Waals surface area contributed by atoms with Gasteiger partial charge in [-0.3, -0.25) is 14.3 Å². The Kier molecular flexibility index (Phi) is 6.14. The molecule has 6 nitrogen and oxygen atoms in total. The van der Waals surface area contributed by atoms with E-state index in [0.717, 1.165) is 5.69 Å². The van der Waals surface area contributed by atoms with Crippen molar-refractivity contribution in [2.24, 2.45) is 7.05 Å². The van der Waals surface area contributed by atoms with Crippen molar-refractivity contribution in [3.63, 3.8) is 0 Å². The second-order valence-corrected chi connectivity index (χ2v) is 5.52. The molecule has 1 aromatic carbocycles. The molecule has 0 unspecified atom stereocenters. The van der Waals surface area contributed by atoms with Gasteiger partial charge in [-0.1, -0.05) is 29.8 Å². The van der Waals surface area contributed by atoms with Crippen LogP contribution >= 0.6 is 11.6 Å². The van der Waals surface area contributed by atoms with Gasteiger partial charge in [-0.2, -0.15) is 5.10 Å². The molecule has 0 saturated heterocycles. The number of carbonyl (C=O) groups excluding carboxylic acids is 2. The number of hydrogen-bond acceptors (Lipinski definition) is 3. The number of carbonyl (C=O) groups is 2. The van der Waals surface area contributed by atoms with E-state index in [1.54, 1.807) is 42.1 Å². The predicted octanol–water partition coefficient (Wildman–Crippen LogP) is 1.94. The maximum Gasteiger partial charge on any atom is 0.251 e. The molecule has 126 valence electrons. The van der Waals surface area contributed by atoms with Crippen LogP contribution in [0.15, 0.2) is 36.4 Å². The summed E-state index contributed by atoms with van der Waals surface area (Å²) in [6.07, 6.45) is 3.03. The smallest absolute Gasteiger partial charge is 0.251 e. The highest BCUT2D eigenvalue weighted by atomic mass is 35.5. The summed E-state index contributed by atoms with van der Waals surface area (Å²) in [4.78, 5) is 23.6. The molecule has 0 aliphatic carbocycles. The largest absolute Gasteiger partial charge is 0.351 e. The summed E-state index contributed by atoms with van der Waals surface area (Å²) in [7, 11) is 1.74. The van der Waals surface area contributed by atoms with Gasteiger partial charge in [-0.15, -0.1) is 0 Å². The highest BCUT2D eigenvalue weighted by Crippen LogP contribution is 2.19. The summed E-state index contributed by atoms with van der Waals surface area (Å²) in [5.41, 5.74) is 2.05. The first kappa shape index (κ1) is 17.7. The first-order chi connectivity index (χ1) is 11.5. The molecule has 0 aliphatic heterocycles. The molecule has 0 atom stereocenters. The van der Waals surface area contributed by atoms with E-state index in [2.05, 4.69) is 15.7 Å². The first-order valence-corrected chi connectivity index (χ1v) is 7.85. The Balaban J connectivity index is 1.75. The SMILES string of the molecule is Cc1nn(C)c(Cl)c1/C=C/C(=O)NCCNC(=O)c1ccccc1. The molecule has 1 heterocycles. The lowest BCUT2D eigenvalue weighted by Gasteiger charge is -2.05. The fourth-order valence-electron chi connectivity index (χ4n) is 2.11. The van der Waals surface area contributed by atoms with E-state index in [4.69, 9.17) is 11.6 Å². The van der Waals surface area contributed by atoms with Crippen molar-refractivity contribution in [1.29, 1.82) is 0 Å². The quantitative estimate of drug-likeness (QED) is 0.620. The van der Waals surface area contributed by atoms with Gasteiger partial charge in [0.05, 0.1) is 5.69 Å². The standard InChI is InChI=1S/C17H19ClN4O2/c1-12-14(16(18)22(2)21-12)8-9-15(23)19-10-11-20-17(24)13-6-4-3-5-7-13/h3-9H,10-11H2,1-2H3,(H,19,23)(H,20,24)/b9-8+. The van der Waals surface area contributed by atoms with Crippen molar-refractivity contribution in [2.45, 2.75) is 6.92 Å². The van der Waals surface area contributed by atoms with E-state index in [1.165, 1.54) is 6.08 Å². The number of amides is 2. The van der Waals surface area contributed by atoms with Gasteiger partial charge in [0.25, 0.3) is 5.91 Å². The maximum absolute atomic E-state index is 11.8. The van der Waals surface area contributed by atoms with Crippen molar-refractivity contribution in [1.82, 2.24) is 20.4 Å². The molecule has 2 aromatic rings. The third kappa shape index (κ3) is 4.70. The molecule has 24 heavy (non-hydrogen) atoms. The minimum Gasteiger partial charge on any atom is -0.351 e. The Morgan fingerprint density at radius 2 is 1.88 bits per heavy atom. The lowest BCUT2D eigenvalue weighted by molar-refractivity contribution is -0.116. The minimum atomic E-state index is -0.261. The monoisotopic (exact) mass is 346 g/mol. The van der Waals surface area contributed by atoms with Gasteiger partial charge in [0.2, 0.25) is 5.91 Å². The summed E-state index contributed by atoms with van der Waals surface area (Å²) in [5, 5.41) is 10.1. The van der Waals surface area contributed by atoms with Gasteiger partial charge in [0, 0.05) is 37.3 Å². The fourth-order valence-corrected chi connectivity index (χ4v) is 2.34. The summed E-state index contributed by atoms with van der Waals surface area (Å²) in [5.74, 6) is -0.429. The van der Waals surface area contributed by atoms with Crippen LogP contribution in [-0.4, -0.2) is 34.7 Å². The van der Waals surface area contributed by atoms with Gasteiger partial charge < -0.3 is 10.6 Å². The van der Waals surface area contributed by atoms with E-state index in [-0.39, 0.29) is 11.8 Å². The summed E-state index contributed by atoms with van der Waals surface area (Å²) in [6, 6.07) is 8.91. The maximum atomic E-state index is 11.8. The fraction of sp³-hybridized carbons (Fsp3) is 0.235. The van der Waals surface area contributed by atoms with Crippen molar-refractivity contribution < 1.29 is 9.59 Å². The molecule has 0 spiro atoms. The third-order valence-electron chi connectivity index (χ3n) is 3.34. The Morgan fingerprint density at radius 3 is 2.50 bits per heavy atom. The zero-order valence-electron chi connectivity index (χ0n) is 13.5. The molecule has 2 rings (SSSR count). The van der Waals surface area contributed by atoms with Gasteiger partial charge in [0.15, 0.2) is 0 Å². The average molecular weight is 347 g/mol. The van der Waals surface area contributed by atoms with Crippen LogP contribution in [0, 0.1) is 6.92 Å². The van der Waals surface area contributed by atoms with Crippen molar-refractivity contribution in [3.05, 3.63) is 58.4 Å². The van der Waals surface area contributed by atoms with Crippen LogP contribution in [0.2, 0.25) is 5.15 Å². The molecule has 0 saturated carbocycles. The van der Waals surface area contributed by atoms with Crippen molar-refractivity contribution in [2.75, 3.05) is 13.1 Å². The lowest BCUT2D eigenvalue weighted by Crippen LogP contribution is -2.33. The highest BCUT2D eigenvalue weighted by molar-refractivity contribution is 6.31. The number of rotatable bonds is 6. The lowest BCUT2D eigenvalue weighted by atomic mass is 10.2. The van der Waals surface area contributed by atoms with Crippen LogP contribution in [0.25, 0.3) is 6.08 Å². The van der Waals surface area contributed by atoms with Crippen molar-refractivity contribution in [3.8, 4) is 0 Å². The first-order valence-electron chi connectivity index (χ1n) is 7.47. The van der Waals surface area contributed by atoms with E-state index >= 15 is 0 Å². The van der Waals surface area contributed by atoms with Crippen LogP contribution < -0.4 is 10.6 Å². The zero-order valence-corrected chi connectivity index (χ0v) is 14.3. The molecule has 1 aromatic heterocycles. The molecular formula is C17H19ClN4O2. The molecule has 0 fully saturated rings. The van der Waals surface area contributed by atoms with Crippen LogP contribution in [0.4, 0.5) is 0 Å². The topological polar surface area (TPSA) is 76.0 Å². The zero-order chi connectivity index (χ0) is 17.5. The van der Waals surface area contributed by atoms with Gasteiger partial charge in [-0.05, 0) is 25.1 Å². The van der Waals surface area contributed by atoms with Gasteiger partial charge >= 0.3 is 0 Å². The second kappa shape index (κ2) is 8.31.